The van der Waals surface area contributed by atoms with Gasteiger partial charge in [0.05, 0.1) is 10.7 Å². The van der Waals surface area contributed by atoms with Gasteiger partial charge in [0.2, 0.25) is 0 Å². The molecule has 0 fully saturated rings. The Morgan fingerprint density at radius 3 is 2.53 bits per heavy atom. The van der Waals surface area contributed by atoms with Crippen LogP contribution in [0.4, 0.5) is 5.69 Å². The standard InChI is InChI=1S/C14H14ClNO/c1-9-6-7-13(10(2)8-9)17-14-11(15)4-3-5-12(14)16/h3-8H,16H2,1-2H3. The highest BCUT2D eigenvalue weighted by atomic mass is 35.5. The van der Waals surface area contributed by atoms with Crippen LogP contribution in [0.15, 0.2) is 36.4 Å². The van der Waals surface area contributed by atoms with Gasteiger partial charge in [-0.1, -0.05) is 35.4 Å². The molecule has 0 radical (unpaired) electrons. The summed E-state index contributed by atoms with van der Waals surface area (Å²) in [5.41, 5.74) is 8.63. The van der Waals surface area contributed by atoms with E-state index >= 15 is 0 Å². The van der Waals surface area contributed by atoms with Crippen molar-refractivity contribution in [3.05, 3.63) is 52.5 Å². The molecule has 0 aliphatic rings. The van der Waals surface area contributed by atoms with Crippen molar-refractivity contribution < 1.29 is 4.74 Å². The summed E-state index contributed by atoms with van der Waals surface area (Å²) < 4.78 is 5.77. The van der Waals surface area contributed by atoms with Crippen molar-refractivity contribution in [1.82, 2.24) is 0 Å². The number of hydrogen-bond donors (Lipinski definition) is 1. The predicted octanol–water partition coefficient (Wildman–Crippen LogP) is 4.33. The van der Waals surface area contributed by atoms with E-state index in [9.17, 15) is 0 Å². The van der Waals surface area contributed by atoms with Crippen LogP contribution in [0.3, 0.4) is 0 Å². The Balaban J connectivity index is 2.38. The summed E-state index contributed by atoms with van der Waals surface area (Å²) >= 11 is 6.06. The van der Waals surface area contributed by atoms with Crippen LogP contribution in [0.1, 0.15) is 11.1 Å². The number of nitrogen functional groups attached to an aromatic ring is 1. The lowest BCUT2D eigenvalue weighted by Crippen LogP contribution is -1.94. The Kier molecular flexibility index (Phi) is 3.25. The minimum atomic E-state index is 0.515. The maximum absolute atomic E-state index is 6.06. The van der Waals surface area contributed by atoms with Crippen LogP contribution >= 0.6 is 11.6 Å². The zero-order valence-electron chi connectivity index (χ0n) is 9.83. The number of anilines is 1. The zero-order valence-corrected chi connectivity index (χ0v) is 10.6. The van der Waals surface area contributed by atoms with Crippen LogP contribution in [-0.2, 0) is 0 Å². The second-order valence-electron chi connectivity index (χ2n) is 4.03. The third-order valence-corrected chi connectivity index (χ3v) is 2.84. The van der Waals surface area contributed by atoms with Gasteiger partial charge in [0.15, 0.2) is 5.75 Å². The van der Waals surface area contributed by atoms with Crippen molar-refractivity contribution in [3.8, 4) is 11.5 Å². The van der Waals surface area contributed by atoms with Crippen LogP contribution in [0, 0.1) is 13.8 Å². The third kappa shape index (κ3) is 2.53. The second kappa shape index (κ2) is 4.68. The zero-order chi connectivity index (χ0) is 12.4. The monoisotopic (exact) mass is 247 g/mol. The Hall–Kier alpha value is -1.67. The Bertz CT molecular complexity index is 532. The predicted molar refractivity (Wildman–Crippen MR) is 71.9 cm³/mol. The summed E-state index contributed by atoms with van der Waals surface area (Å²) in [6.45, 7) is 4.04. The number of rotatable bonds is 2. The van der Waals surface area contributed by atoms with E-state index in [1.54, 1.807) is 18.2 Å². The maximum atomic E-state index is 6.06. The lowest BCUT2D eigenvalue weighted by atomic mass is 10.1. The molecular weight excluding hydrogens is 234 g/mol. The Labute approximate surface area is 106 Å². The van der Waals surface area contributed by atoms with Crippen molar-refractivity contribution in [3.63, 3.8) is 0 Å². The van der Waals surface area contributed by atoms with Crippen molar-refractivity contribution in [1.29, 1.82) is 0 Å². The average Bonchev–Trinajstić information content (AvgIpc) is 2.26. The van der Waals surface area contributed by atoms with Crippen molar-refractivity contribution in [2.75, 3.05) is 5.73 Å². The molecule has 2 rings (SSSR count). The van der Waals surface area contributed by atoms with E-state index in [1.165, 1.54) is 5.56 Å². The summed E-state index contributed by atoms with van der Waals surface area (Å²) in [5, 5.41) is 0.518. The van der Waals surface area contributed by atoms with Gasteiger partial charge in [-0.25, -0.2) is 0 Å². The molecular formula is C14H14ClNO. The van der Waals surface area contributed by atoms with Gasteiger partial charge in [0, 0.05) is 0 Å². The number of halogens is 1. The largest absolute Gasteiger partial charge is 0.453 e. The van der Waals surface area contributed by atoms with E-state index in [1.807, 2.05) is 26.0 Å². The summed E-state index contributed by atoms with van der Waals surface area (Å²) in [6, 6.07) is 11.3. The first kappa shape index (κ1) is 11.8. The Morgan fingerprint density at radius 2 is 1.88 bits per heavy atom. The number of para-hydroxylation sites is 1. The lowest BCUT2D eigenvalue weighted by Gasteiger charge is -2.12. The maximum Gasteiger partial charge on any atom is 0.168 e. The van der Waals surface area contributed by atoms with E-state index in [4.69, 9.17) is 22.1 Å². The van der Waals surface area contributed by atoms with Gasteiger partial charge in [-0.15, -0.1) is 0 Å². The molecule has 17 heavy (non-hydrogen) atoms. The molecule has 2 aromatic carbocycles. The van der Waals surface area contributed by atoms with Crippen LogP contribution in [0.2, 0.25) is 5.02 Å². The van der Waals surface area contributed by atoms with Gasteiger partial charge >= 0.3 is 0 Å². The van der Waals surface area contributed by atoms with Crippen molar-refractivity contribution >= 4 is 17.3 Å². The quantitative estimate of drug-likeness (QED) is 0.802. The van der Waals surface area contributed by atoms with Gasteiger partial charge in [-0.05, 0) is 37.6 Å². The fourth-order valence-corrected chi connectivity index (χ4v) is 1.88. The fourth-order valence-electron chi connectivity index (χ4n) is 1.66. The molecule has 0 saturated heterocycles. The molecule has 3 heteroatoms. The van der Waals surface area contributed by atoms with Gasteiger partial charge in [0.1, 0.15) is 5.75 Å². The first-order chi connectivity index (χ1) is 8.08. The molecule has 0 aliphatic heterocycles. The van der Waals surface area contributed by atoms with Crippen LogP contribution in [0.5, 0.6) is 11.5 Å². The summed E-state index contributed by atoms with van der Waals surface area (Å²) in [6.07, 6.45) is 0. The third-order valence-electron chi connectivity index (χ3n) is 2.54. The lowest BCUT2D eigenvalue weighted by molar-refractivity contribution is 0.481. The minimum Gasteiger partial charge on any atom is -0.453 e. The Morgan fingerprint density at radius 1 is 1.12 bits per heavy atom. The smallest absolute Gasteiger partial charge is 0.168 e. The highest BCUT2D eigenvalue weighted by Gasteiger charge is 2.08. The van der Waals surface area contributed by atoms with E-state index < -0.39 is 0 Å². The highest BCUT2D eigenvalue weighted by molar-refractivity contribution is 6.32. The number of nitrogens with two attached hydrogens (primary N) is 1. The van der Waals surface area contributed by atoms with E-state index in [0.717, 1.165) is 11.3 Å². The highest BCUT2D eigenvalue weighted by Crippen LogP contribution is 2.35. The average molecular weight is 248 g/mol. The molecule has 0 aliphatic carbocycles. The molecule has 0 heterocycles. The molecule has 0 bridgehead atoms. The molecule has 2 nitrogen and oxygen atoms in total. The van der Waals surface area contributed by atoms with E-state index in [-0.39, 0.29) is 0 Å². The fraction of sp³-hybridized carbons (Fsp3) is 0.143. The normalized spacial score (nSPS) is 10.3. The molecule has 0 spiro atoms. The molecule has 0 atom stereocenters. The van der Waals surface area contributed by atoms with E-state index in [0.29, 0.717) is 16.5 Å². The van der Waals surface area contributed by atoms with Gasteiger partial charge < -0.3 is 10.5 Å². The van der Waals surface area contributed by atoms with Gasteiger partial charge in [0.25, 0.3) is 0 Å². The number of ether oxygens (including phenoxy) is 1. The SMILES string of the molecule is Cc1ccc(Oc2c(N)cccc2Cl)c(C)c1. The van der Waals surface area contributed by atoms with Crippen LogP contribution in [0.25, 0.3) is 0 Å². The van der Waals surface area contributed by atoms with Gasteiger partial charge in [-0.2, -0.15) is 0 Å². The molecule has 0 saturated carbocycles. The molecule has 0 aromatic heterocycles. The summed E-state index contributed by atoms with van der Waals surface area (Å²) in [4.78, 5) is 0. The van der Waals surface area contributed by atoms with Crippen molar-refractivity contribution in [2.45, 2.75) is 13.8 Å². The molecule has 0 unspecified atom stereocenters. The first-order valence-corrected chi connectivity index (χ1v) is 5.75. The summed E-state index contributed by atoms with van der Waals surface area (Å²) in [5.74, 6) is 1.29. The number of hydrogen-bond acceptors (Lipinski definition) is 2. The molecule has 2 N–H and O–H groups in total. The molecule has 88 valence electrons. The van der Waals surface area contributed by atoms with Crippen LogP contribution < -0.4 is 10.5 Å². The van der Waals surface area contributed by atoms with Gasteiger partial charge in [-0.3, -0.25) is 0 Å². The number of aryl methyl sites for hydroxylation is 2. The second-order valence-corrected chi connectivity index (χ2v) is 4.44. The van der Waals surface area contributed by atoms with E-state index in [2.05, 4.69) is 6.07 Å². The van der Waals surface area contributed by atoms with Crippen molar-refractivity contribution in [2.24, 2.45) is 0 Å². The molecule has 2 aromatic rings. The summed E-state index contributed by atoms with van der Waals surface area (Å²) in [7, 11) is 0. The minimum absolute atomic E-state index is 0.515. The van der Waals surface area contributed by atoms with Crippen LogP contribution in [-0.4, -0.2) is 0 Å². The first-order valence-electron chi connectivity index (χ1n) is 5.37. The topological polar surface area (TPSA) is 35.2 Å². The number of benzene rings is 2. The molecule has 0 amide bonds.